The third-order valence-corrected chi connectivity index (χ3v) is 4.54. The van der Waals surface area contributed by atoms with Crippen LogP contribution in [0.1, 0.15) is 11.1 Å². The summed E-state index contributed by atoms with van der Waals surface area (Å²) in [6.45, 7) is 7.17. The number of ketones is 1. The van der Waals surface area contributed by atoms with Crippen LogP contribution in [0.4, 0.5) is 5.69 Å². The SMILES string of the molecule is [C-]#[N+]c1[c-]cc2nccc(Oc3ccc(CC(=O)Cc4ccccc4)cc3)c2c1.[Na+].[OH-]. The van der Waals surface area contributed by atoms with Gasteiger partial charge in [0.25, 0.3) is 0 Å². The van der Waals surface area contributed by atoms with E-state index in [-0.39, 0.29) is 40.8 Å². The van der Waals surface area contributed by atoms with Crippen molar-refractivity contribution in [2.75, 3.05) is 0 Å². The molecule has 5 nitrogen and oxygen atoms in total. The van der Waals surface area contributed by atoms with Crippen LogP contribution in [0, 0.1) is 12.6 Å². The maximum atomic E-state index is 12.3. The number of carbonyl (C=O) groups excluding carboxylic acids is 1. The largest absolute Gasteiger partial charge is 1.00 e. The van der Waals surface area contributed by atoms with E-state index in [4.69, 9.17) is 11.3 Å². The quantitative estimate of drug-likeness (QED) is 0.357. The second-order valence-corrected chi connectivity index (χ2v) is 6.66. The minimum Gasteiger partial charge on any atom is -0.870 e. The first kappa shape index (κ1) is 24.3. The molecule has 4 aromatic rings. The number of hydrogen-bond acceptors (Lipinski definition) is 4. The Bertz CT molecular complexity index is 1200. The van der Waals surface area contributed by atoms with Gasteiger partial charge in [0.1, 0.15) is 17.3 Å². The first-order chi connectivity index (χ1) is 14.2. The molecule has 0 atom stereocenters. The summed E-state index contributed by atoms with van der Waals surface area (Å²) in [6, 6.07) is 25.3. The normalized spacial score (nSPS) is 9.77. The minimum atomic E-state index is 0. The van der Waals surface area contributed by atoms with Crippen LogP contribution >= 0.6 is 0 Å². The van der Waals surface area contributed by atoms with Gasteiger partial charge in [-0.1, -0.05) is 47.9 Å². The van der Waals surface area contributed by atoms with E-state index < -0.39 is 0 Å². The monoisotopic (exact) mass is 417 g/mol. The molecule has 0 aliphatic rings. The average Bonchev–Trinajstić information content (AvgIpc) is 2.75. The summed E-state index contributed by atoms with van der Waals surface area (Å²) in [5, 5.41) is 0.763. The van der Waals surface area contributed by atoms with Crippen LogP contribution in [0.15, 0.2) is 79.0 Å². The van der Waals surface area contributed by atoms with Gasteiger partial charge in [0.2, 0.25) is 0 Å². The molecular formula is C25H18N2NaO3-. The van der Waals surface area contributed by atoms with Gasteiger partial charge in [-0.2, -0.15) is 18.2 Å². The van der Waals surface area contributed by atoms with Crippen LogP contribution in [0.5, 0.6) is 11.5 Å². The van der Waals surface area contributed by atoms with Gasteiger partial charge in [0.15, 0.2) is 0 Å². The van der Waals surface area contributed by atoms with Gasteiger partial charge in [0.05, 0.1) is 12.3 Å². The molecule has 0 saturated heterocycles. The number of pyridine rings is 1. The number of benzene rings is 3. The Hall–Kier alpha value is -3.01. The molecule has 31 heavy (non-hydrogen) atoms. The summed E-state index contributed by atoms with van der Waals surface area (Å²) in [5.74, 6) is 1.46. The second-order valence-electron chi connectivity index (χ2n) is 6.66. The first-order valence-corrected chi connectivity index (χ1v) is 9.21. The maximum absolute atomic E-state index is 12.3. The maximum Gasteiger partial charge on any atom is 1.00 e. The van der Waals surface area contributed by atoms with E-state index in [1.54, 1.807) is 24.4 Å². The third-order valence-electron chi connectivity index (χ3n) is 4.54. The predicted octanol–water partition coefficient (Wildman–Crippen LogP) is 2.56. The molecule has 0 bridgehead atoms. The molecule has 4 rings (SSSR count). The predicted molar refractivity (Wildman–Crippen MR) is 114 cm³/mol. The molecule has 0 aliphatic heterocycles. The number of nitrogens with zero attached hydrogens (tertiary/aromatic N) is 2. The summed E-state index contributed by atoms with van der Waals surface area (Å²) in [4.78, 5) is 20.0. The molecule has 1 heterocycles. The van der Waals surface area contributed by atoms with E-state index in [1.807, 2.05) is 54.6 Å². The van der Waals surface area contributed by atoms with E-state index in [2.05, 4.69) is 15.9 Å². The summed E-state index contributed by atoms with van der Waals surface area (Å²) in [5.41, 5.74) is 3.11. The molecule has 0 saturated carbocycles. The zero-order valence-electron chi connectivity index (χ0n) is 17.1. The van der Waals surface area contributed by atoms with Gasteiger partial charge in [-0.3, -0.25) is 9.64 Å². The standard InChI is InChI=1S/C25H17N2O2.Na.H2O/c1-26-20-9-12-24-23(17-20)25(13-14-27-24)29-22-10-7-19(8-11-22)16-21(28)15-18-5-3-2-4-6-18;;/h2-8,10-14,17H,15-16H2;;1H2/q-1;+1;/p-1. The first-order valence-electron chi connectivity index (χ1n) is 9.21. The van der Waals surface area contributed by atoms with Crippen molar-refractivity contribution in [1.82, 2.24) is 4.98 Å². The number of ether oxygens (including phenoxy) is 1. The van der Waals surface area contributed by atoms with Gasteiger partial charge in [-0.05, 0) is 34.8 Å². The molecule has 0 spiro atoms. The Morgan fingerprint density at radius 2 is 1.68 bits per heavy atom. The average molecular weight is 417 g/mol. The fourth-order valence-corrected chi connectivity index (χ4v) is 3.12. The Balaban J connectivity index is 0.00000171. The van der Waals surface area contributed by atoms with Gasteiger partial charge in [-0.25, -0.2) is 0 Å². The number of Topliss-reactive ketones (excluding diaryl/α,β-unsaturated/α-hetero) is 1. The number of aromatic nitrogens is 1. The molecule has 1 N–H and O–H groups in total. The molecule has 0 aliphatic carbocycles. The minimum absolute atomic E-state index is 0. The Labute approximate surface area is 203 Å². The van der Waals surface area contributed by atoms with Crippen LogP contribution < -0.4 is 34.3 Å². The van der Waals surface area contributed by atoms with E-state index in [9.17, 15) is 4.79 Å². The van der Waals surface area contributed by atoms with Crippen molar-refractivity contribution in [3.8, 4) is 11.5 Å². The van der Waals surface area contributed by atoms with Crippen molar-refractivity contribution < 1.29 is 44.6 Å². The van der Waals surface area contributed by atoms with Crippen molar-refractivity contribution in [3.63, 3.8) is 0 Å². The van der Waals surface area contributed by atoms with Gasteiger partial charge in [-0.15, -0.1) is 0 Å². The van der Waals surface area contributed by atoms with Gasteiger partial charge < -0.3 is 15.2 Å². The Morgan fingerprint density at radius 1 is 1.00 bits per heavy atom. The van der Waals surface area contributed by atoms with E-state index in [0.717, 1.165) is 22.0 Å². The molecule has 3 aromatic carbocycles. The molecule has 0 amide bonds. The van der Waals surface area contributed by atoms with Crippen molar-refractivity contribution in [1.29, 1.82) is 0 Å². The van der Waals surface area contributed by atoms with Gasteiger partial charge >= 0.3 is 29.6 Å². The van der Waals surface area contributed by atoms with Crippen molar-refractivity contribution in [2.24, 2.45) is 0 Å². The van der Waals surface area contributed by atoms with Crippen LogP contribution in [0.2, 0.25) is 0 Å². The van der Waals surface area contributed by atoms with Crippen LogP contribution in [-0.4, -0.2) is 16.2 Å². The molecule has 1 aromatic heterocycles. The van der Waals surface area contributed by atoms with E-state index >= 15 is 0 Å². The molecular weight excluding hydrogens is 399 g/mol. The Kier molecular flexibility index (Phi) is 8.92. The summed E-state index contributed by atoms with van der Waals surface area (Å²) in [6.07, 6.45) is 2.49. The second kappa shape index (κ2) is 11.4. The molecule has 0 fully saturated rings. The van der Waals surface area contributed by atoms with Crippen molar-refractivity contribution in [2.45, 2.75) is 12.8 Å². The number of carbonyl (C=O) groups is 1. The summed E-state index contributed by atoms with van der Waals surface area (Å²) >= 11 is 0. The summed E-state index contributed by atoms with van der Waals surface area (Å²) in [7, 11) is 0. The molecule has 0 radical (unpaired) electrons. The van der Waals surface area contributed by atoms with E-state index in [0.29, 0.717) is 30.0 Å². The third kappa shape index (κ3) is 6.24. The van der Waals surface area contributed by atoms with E-state index in [1.165, 1.54) is 0 Å². The molecule has 148 valence electrons. The summed E-state index contributed by atoms with van der Waals surface area (Å²) < 4.78 is 6.01. The number of hydrogen-bond donors (Lipinski definition) is 0. The fraction of sp³-hybridized carbons (Fsp3) is 0.0800. The Morgan fingerprint density at radius 3 is 2.35 bits per heavy atom. The van der Waals surface area contributed by atoms with Crippen LogP contribution in [0.3, 0.4) is 0 Å². The molecule has 0 unspecified atom stereocenters. The zero-order valence-corrected chi connectivity index (χ0v) is 19.1. The van der Waals surface area contributed by atoms with Gasteiger partial charge in [0, 0.05) is 19.0 Å². The van der Waals surface area contributed by atoms with Crippen LogP contribution in [-0.2, 0) is 17.6 Å². The fourth-order valence-electron chi connectivity index (χ4n) is 3.12. The van der Waals surface area contributed by atoms with Crippen molar-refractivity contribution in [3.05, 3.63) is 108 Å². The smallest absolute Gasteiger partial charge is 0.870 e. The molecule has 6 heteroatoms. The van der Waals surface area contributed by atoms with Crippen molar-refractivity contribution >= 4 is 22.4 Å². The van der Waals surface area contributed by atoms with Crippen LogP contribution in [0.25, 0.3) is 15.7 Å². The topological polar surface area (TPSA) is 73.5 Å². The number of fused-ring (bicyclic) bond motifs is 1. The number of rotatable bonds is 6. The zero-order chi connectivity index (χ0) is 20.1.